The highest BCUT2D eigenvalue weighted by molar-refractivity contribution is 6.42. The molecular formula is C14H20Cl2O. The summed E-state index contributed by atoms with van der Waals surface area (Å²) in [5.74, 6) is 0.799. The van der Waals surface area contributed by atoms with Crippen LogP contribution in [0.25, 0.3) is 0 Å². The molecule has 0 bridgehead atoms. The van der Waals surface area contributed by atoms with E-state index < -0.39 is 0 Å². The van der Waals surface area contributed by atoms with Crippen molar-refractivity contribution in [2.45, 2.75) is 45.4 Å². The van der Waals surface area contributed by atoms with Crippen molar-refractivity contribution in [2.75, 3.05) is 6.61 Å². The third kappa shape index (κ3) is 6.18. The van der Waals surface area contributed by atoms with Crippen LogP contribution in [0.1, 0.15) is 45.4 Å². The van der Waals surface area contributed by atoms with E-state index in [1.54, 1.807) is 12.1 Å². The van der Waals surface area contributed by atoms with Crippen molar-refractivity contribution in [3.8, 4) is 5.75 Å². The molecule has 1 nitrogen and oxygen atoms in total. The Kier molecular flexibility index (Phi) is 7.46. The SMILES string of the molecule is CCCCCCCCOc1ccc(Cl)c(Cl)c1. The van der Waals surface area contributed by atoms with Crippen molar-refractivity contribution in [1.82, 2.24) is 0 Å². The molecule has 0 atom stereocenters. The fourth-order valence-electron chi connectivity index (χ4n) is 1.64. The van der Waals surface area contributed by atoms with E-state index in [9.17, 15) is 0 Å². The van der Waals surface area contributed by atoms with Crippen LogP contribution in [0.15, 0.2) is 18.2 Å². The van der Waals surface area contributed by atoms with Gasteiger partial charge < -0.3 is 4.74 Å². The molecule has 17 heavy (non-hydrogen) atoms. The molecule has 0 spiro atoms. The van der Waals surface area contributed by atoms with Gasteiger partial charge in [0.1, 0.15) is 5.75 Å². The number of benzene rings is 1. The van der Waals surface area contributed by atoms with Crippen molar-refractivity contribution in [1.29, 1.82) is 0 Å². The molecule has 1 aromatic rings. The Morgan fingerprint density at radius 2 is 1.65 bits per heavy atom. The molecule has 0 saturated heterocycles. The highest BCUT2D eigenvalue weighted by atomic mass is 35.5. The molecule has 1 aromatic carbocycles. The topological polar surface area (TPSA) is 9.23 Å². The first-order valence-corrected chi connectivity index (χ1v) is 7.07. The molecule has 0 aliphatic heterocycles. The lowest BCUT2D eigenvalue weighted by atomic mass is 10.1. The number of unbranched alkanes of at least 4 members (excludes halogenated alkanes) is 5. The van der Waals surface area contributed by atoms with Gasteiger partial charge in [-0.05, 0) is 18.6 Å². The number of ether oxygens (including phenoxy) is 1. The smallest absolute Gasteiger partial charge is 0.120 e. The lowest BCUT2D eigenvalue weighted by molar-refractivity contribution is 0.304. The van der Waals surface area contributed by atoms with Crippen LogP contribution in [0, 0.1) is 0 Å². The third-order valence-corrected chi connectivity index (χ3v) is 3.40. The standard InChI is InChI=1S/C14H20Cl2O/c1-2-3-4-5-6-7-10-17-12-8-9-13(15)14(16)11-12/h8-9,11H,2-7,10H2,1H3. The molecule has 0 amide bonds. The predicted octanol–water partition coefficient (Wildman–Crippen LogP) is 5.73. The zero-order chi connectivity index (χ0) is 12.5. The van der Waals surface area contributed by atoms with Crippen molar-refractivity contribution in [2.24, 2.45) is 0 Å². The molecule has 0 aliphatic carbocycles. The van der Waals surface area contributed by atoms with E-state index in [0.717, 1.165) is 18.8 Å². The average Bonchev–Trinajstić information content (AvgIpc) is 2.32. The molecule has 3 heteroatoms. The Labute approximate surface area is 114 Å². The third-order valence-electron chi connectivity index (χ3n) is 2.66. The zero-order valence-corrected chi connectivity index (χ0v) is 11.9. The minimum atomic E-state index is 0.548. The van der Waals surface area contributed by atoms with Gasteiger partial charge in [-0.1, -0.05) is 62.2 Å². The van der Waals surface area contributed by atoms with E-state index in [2.05, 4.69) is 6.92 Å². The van der Waals surface area contributed by atoms with Crippen molar-refractivity contribution >= 4 is 23.2 Å². The van der Waals surface area contributed by atoms with Crippen LogP contribution in [-0.4, -0.2) is 6.61 Å². The highest BCUT2D eigenvalue weighted by Gasteiger charge is 1.99. The van der Waals surface area contributed by atoms with E-state index in [1.807, 2.05) is 6.07 Å². The summed E-state index contributed by atoms with van der Waals surface area (Å²) >= 11 is 11.7. The summed E-state index contributed by atoms with van der Waals surface area (Å²) in [4.78, 5) is 0. The molecule has 0 radical (unpaired) electrons. The zero-order valence-electron chi connectivity index (χ0n) is 10.3. The molecule has 0 heterocycles. The van der Waals surface area contributed by atoms with Crippen LogP contribution in [-0.2, 0) is 0 Å². The van der Waals surface area contributed by atoms with Crippen LogP contribution >= 0.6 is 23.2 Å². The predicted molar refractivity (Wildman–Crippen MR) is 75.3 cm³/mol. The number of hydrogen-bond donors (Lipinski definition) is 0. The second kappa shape index (κ2) is 8.66. The maximum atomic E-state index is 5.90. The molecule has 0 fully saturated rings. The number of halogens is 2. The van der Waals surface area contributed by atoms with Gasteiger partial charge in [0.2, 0.25) is 0 Å². The largest absolute Gasteiger partial charge is 0.494 e. The molecular weight excluding hydrogens is 255 g/mol. The lowest BCUT2D eigenvalue weighted by Gasteiger charge is -2.07. The van der Waals surface area contributed by atoms with Gasteiger partial charge in [-0.2, -0.15) is 0 Å². The Morgan fingerprint density at radius 1 is 0.941 bits per heavy atom. The fourth-order valence-corrected chi connectivity index (χ4v) is 1.93. The summed E-state index contributed by atoms with van der Waals surface area (Å²) < 4.78 is 5.61. The average molecular weight is 275 g/mol. The first-order chi connectivity index (χ1) is 8.24. The first-order valence-electron chi connectivity index (χ1n) is 6.32. The van der Waals surface area contributed by atoms with E-state index in [1.165, 1.54) is 32.1 Å². The fraction of sp³-hybridized carbons (Fsp3) is 0.571. The summed E-state index contributed by atoms with van der Waals surface area (Å²) in [5, 5.41) is 1.12. The first kappa shape index (κ1) is 14.7. The summed E-state index contributed by atoms with van der Waals surface area (Å²) in [7, 11) is 0. The van der Waals surface area contributed by atoms with Gasteiger partial charge in [0.25, 0.3) is 0 Å². The van der Waals surface area contributed by atoms with Crippen LogP contribution in [0.4, 0.5) is 0 Å². The minimum Gasteiger partial charge on any atom is -0.494 e. The van der Waals surface area contributed by atoms with Crippen LogP contribution in [0.2, 0.25) is 10.0 Å². The number of rotatable bonds is 8. The minimum absolute atomic E-state index is 0.548. The van der Waals surface area contributed by atoms with Crippen molar-refractivity contribution in [3.05, 3.63) is 28.2 Å². The quantitative estimate of drug-likeness (QED) is 0.550. The van der Waals surface area contributed by atoms with E-state index in [-0.39, 0.29) is 0 Å². The highest BCUT2D eigenvalue weighted by Crippen LogP contribution is 2.26. The number of hydrogen-bond acceptors (Lipinski definition) is 1. The molecule has 0 saturated carbocycles. The Bertz CT molecular complexity index is 326. The van der Waals surface area contributed by atoms with E-state index in [4.69, 9.17) is 27.9 Å². The molecule has 0 aromatic heterocycles. The summed E-state index contributed by atoms with van der Waals surface area (Å²) in [6, 6.07) is 5.38. The van der Waals surface area contributed by atoms with Gasteiger partial charge >= 0.3 is 0 Å². The molecule has 0 unspecified atom stereocenters. The Balaban J connectivity index is 2.11. The van der Waals surface area contributed by atoms with Gasteiger partial charge in [0.15, 0.2) is 0 Å². The van der Waals surface area contributed by atoms with Gasteiger partial charge in [-0.25, -0.2) is 0 Å². The second-order valence-electron chi connectivity index (χ2n) is 4.19. The summed E-state index contributed by atoms with van der Waals surface area (Å²) in [5.41, 5.74) is 0. The van der Waals surface area contributed by atoms with E-state index >= 15 is 0 Å². The Hall–Kier alpha value is -0.400. The Morgan fingerprint density at radius 3 is 2.35 bits per heavy atom. The maximum absolute atomic E-state index is 5.90. The van der Waals surface area contributed by atoms with E-state index in [0.29, 0.717) is 10.0 Å². The lowest BCUT2D eigenvalue weighted by Crippen LogP contribution is -1.97. The molecule has 1 rings (SSSR count). The summed E-state index contributed by atoms with van der Waals surface area (Å²) in [6.07, 6.45) is 7.61. The second-order valence-corrected chi connectivity index (χ2v) is 5.01. The molecule has 0 aliphatic rings. The maximum Gasteiger partial charge on any atom is 0.120 e. The molecule has 96 valence electrons. The summed E-state index contributed by atoms with van der Waals surface area (Å²) in [6.45, 7) is 2.98. The monoisotopic (exact) mass is 274 g/mol. The van der Waals surface area contributed by atoms with Gasteiger partial charge in [0.05, 0.1) is 16.7 Å². The van der Waals surface area contributed by atoms with Crippen LogP contribution < -0.4 is 4.74 Å². The van der Waals surface area contributed by atoms with Crippen molar-refractivity contribution in [3.63, 3.8) is 0 Å². The van der Waals surface area contributed by atoms with Crippen molar-refractivity contribution < 1.29 is 4.74 Å². The molecule has 0 N–H and O–H groups in total. The van der Waals surface area contributed by atoms with Gasteiger partial charge in [-0.3, -0.25) is 0 Å². The van der Waals surface area contributed by atoms with Crippen LogP contribution in [0.5, 0.6) is 5.75 Å². The van der Waals surface area contributed by atoms with Gasteiger partial charge in [0, 0.05) is 6.07 Å². The van der Waals surface area contributed by atoms with Crippen LogP contribution in [0.3, 0.4) is 0 Å². The van der Waals surface area contributed by atoms with Gasteiger partial charge in [-0.15, -0.1) is 0 Å². The normalized spacial score (nSPS) is 10.5.